The molecule has 0 aromatic carbocycles. The van der Waals surface area contributed by atoms with Gasteiger partial charge in [0.05, 0.1) is 0 Å². The molecular formula is C15H23N3OS. The molecule has 5 heteroatoms. The van der Waals surface area contributed by atoms with Crippen LogP contribution in [0.25, 0.3) is 0 Å². The van der Waals surface area contributed by atoms with E-state index in [9.17, 15) is 4.79 Å². The van der Waals surface area contributed by atoms with E-state index < -0.39 is 0 Å². The first-order chi connectivity index (χ1) is 9.79. The van der Waals surface area contributed by atoms with Crippen molar-refractivity contribution in [1.82, 2.24) is 15.1 Å². The summed E-state index contributed by atoms with van der Waals surface area (Å²) in [4.78, 5) is 14.8. The van der Waals surface area contributed by atoms with Crippen LogP contribution in [-0.4, -0.2) is 45.1 Å². The smallest absolute Gasteiger partial charge is 0.274 e. The lowest BCUT2D eigenvalue weighted by Crippen LogP contribution is -2.36. The summed E-state index contributed by atoms with van der Waals surface area (Å²) in [5.74, 6) is 1.28. The third-order valence-electron chi connectivity index (χ3n) is 4.33. The highest BCUT2D eigenvalue weighted by Gasteiger charge is 2.28. The van der Waals surface area contributed by atoms with Gasteiger partial charge in [-0.15, -0.1) is 0 Å². The van der Waals surface area contributed by atoms with Crippen LogP contribution in [0.15, 0.2) is 0 Å². The van der Waals surface area contributed by atoms with Crippen molar-refractivity contribution < 1.29 is 4.79 Å². The number of amides is 1. The Hall–Kier alpha value is -0.970. The van der Waals surface area contributed by atoms with Gasteiger partial charge in [0, 0.05) is 29.6 Å². The lowest BCUT2D eigenvalue weighted by molar-refractivity contribution is 0.0756. The fourth-order valence-electron chi connectivity index (χ4n) is 3.31. The minimum absolute atomic E-state index is 0.146. The molecule has 0 spiro atoms. The van der Waals surface area contributed by atoms with E-state index >= 15 is 0 Å². The number of nitrogens with zero attached hydrogens (tertiary/aromatic N) is 2. The zero-order chi connectivity index (χ0) is 13.9. The summed E-state index contributed by atoms with van der Waals surface area (Å²) in [6.07, 6.45) is 6.80. The average molecular weight is 293 g/mol. The molecule has 0 radical (unpaired) electrons. The van der Waals surface area contributed by atoms with E-state index in [1.165, 1.54) is 24.1 Å². The summed E-state index contributed by atoms with van der Waals surface area (Å²) in [7, 11) is 0. The van der Waals surface area contributed by atoms with Crippen LogP contribution in [0.5, 0.6) is 0 Å². The number of aromatic amines is 1. The van der Waals surface area contributed by atoms with E-state index in [0.29, 0.717) is 10.9 Å². The largest absolute Gasteiger partial charge is 0.336 e. The molecule has 2 heterocycles. The number of carbonyl (C=O) groups excluding carboxylic acids is 1. The number of fused-ring (bicyclic) bond motifs is 1. The minimum Gasteiger partial charge on any atom is -0.336 e. The molecule has 0 bridgehead atoms. The Bertz CT molecular complexity index is 485. The highest BCUT2D eigenvalue weighted by Crippen LogP contribution is 2.26. The third-order valence-corrected chi connectivity index (χ3v) is 5.52. The molecular weight excluding hydrogens is 270 g/mol. The summed E-state index contributed by atoms with van der Waals surface area (Å²) in [6, 6.07) is 0. The van der Waals surface area contributed by atoms with Crippen molar-refractivity contribution in [2.24, 2.45) is 0 Å². The van der Waals surface area contributed by atoms with E-state index in [4.69, 9.17) is 0 Å². The van der Waals surface area contributed by atoms with Crippen LogP contribution in [0.1, 0.15) is 54.4 Å². The Balaban J connectivity index is 1.74. The van der Waals surface area contributed by atoms with Gasteiger partial charge in [0.25, 0.3) is 5.91 Å². The maximum atomic E-state index is 12.8. The molecule has 1 unspecified atom stereocenters. The second kappa shape index (κ2) is 6.20. The predicted octanol–water partition coefficient (Wildman–Crippen LogP) is 2.65. The Morgan fingerprint density at radius 1 is 1.40 bits per heavy atom. The number of hydrogen-bond acceptors (Lipinski definition) is 3. The summed E-state index contributed by atoms with van der Waals surface area (Å²) < 4.78 is 0. The molecule has 1 aliphatic carbocycles. The van der Waals surface area contributed by atoms with Gasteiger partial charge in [0.1, 0.15) is 0 Å². The van der Waals surface area contributed by atoms with E-state index in [-0.39, 0.29) is 5.91 Å². The van der Waals surface area contributed by atoms with Crippen molar-refractivity contribution in [2.75, 3.05) is 18.8 Å². The number of likely N-dealkylation sites (tertiary alicyclic amines) is 1. The van der Waals surface area contributed by atoms with Crippen molar-refractivity contribution in [3.8, 4) is 0 Å². The molecule has 1 fully saturated rings. The molecule has 2 aliphatic rings. The van der Waals surface area contributed by atoms with Gasteiger partial charge in [-0.2, -0.15) is 16.9 Å². The van der Waals surface area contributed by atoms with Crippen molar-refractivity contribution in [1.29, 1.82) is 0 Å². The second-order valence-corrected chi connectivity index (χ2v) is 7.28. The van der Waals surface area contributed by atoms with Gasteiger partial charge in [-0.25, -0.2) is 0 Å². The Morgan fingerprint density at radius 3 is 3.15 bits per heavy atom. The van der Waals surface area contributed by atoms with Crippen molar-refractivity contribution in [3.05, 3.63) is 17.0 Å². The lowest BCUT2D eigenvalue weighted by atomic mass is 10.2. The number of carbonyl (C=O) groups is 1. The van der Waals surface area contributed by atoms with Gasteiger partial charge in [0.15, 0.2) is 5.69 Å². The van der Waals surface area contributed by atoms with E-state index in [1.807, 2.05) is 16.7 Å². The summed E-state index contributed by atoms with van der Waals surface area (Å²) >= 11 is 1.99. The molecule has 1 aromatic heterocycles. The lowest BCUT2D eigenvalue weighted by Gasteiger charge is -2.23. The Labute approximate surface area is 124 Å². The first-order valence-corrected chi connectivity index (χ1v) is 8.81. The SMILES string of the molecule is CCSC1CCCCN(C(=O)c2n[nH]c3c2CCC3)C1. The predicted molar refractivity (Wildman–Crippen MR) is 82.3 cm³/mol. The first-order valence-electron chi connectivity index (χ1n) is 7.76. The molecule has 1 atom stereocenters. The van der Waals surface area contributed by atoms with Crippen LogP contribution in [0.3, 0.4) is 0 Å². The fraction of sp³-hybridized carbons (Fsp3) is 0.733. The number of thioether (sulfide) groups is 1. The van der Waals surface area contributed by atoms with Gasteiger partial charge >= 0.3 is 0 Å². The maximum absolute atomic E-state index is 12.8. The second-order valence-electron chi connectivity index (χ2n) is 5.71. The molecule has 0 saturated carbocycles. The summed E-state index contributed by atoms with van der Waals surface area (Å²) in [6.45, 7) is 3.97. The monoisotopic (exact) mass is 293 g/mol. The molecule has 1 N–H and O–H groups in total. The highest BCUT2D eigenvalue weighted by atomic mass is 32.2. The molecule has 1 saturated heterocycles. The molecule has 1 amide bonds. The van der Waals surface area contributed by atoms with Crippen molar-refractivity contribution in [2.45, 2.75) is 50.7 Å². The Kier molecular flexibility index (Phi) is 4.34. The van der Waals surface area contributed by atoms with Crippen molar-refractivity contribution >= 4 is 17.7 Å². The number of H-pyrrole nitrogens is 1. The van der Waals surface area contributed by atoms with Crippen LogP contribution in [0.4, 0.5) is 0 Å². The molecule has 1 aliphatic heterocycles. The van der Waals surface area contributed by atoms with Crippen LogP contribution in [0.2, 0.25) is 0 Å². The Morgan fingerprint density at radius 2 is 2.30 bits per heavy atom. The van der Waals surface area contributed by atoms with Crippen LogP contribution in [-0.2, 0) is 12.8 Å². The first kappa shape index (κ1) is 14.0. The van der Waals surface area contributed by atoms with Crippen LogP contribution < -0.4 is 0 Å². The highest BCUT2D eigenvalue weighted by molar-refractivity contribution is 7.99. The minimum atomic E-state index is 0.146. The van der Waals surface area contributed by atoms with Gasteiger partial charge in [-0.1, -0.05) is 13.3 Å². The summed E-state index contributed by atoms with van der Waals surface area (Å²) in [5.41, 5.74) is 3.06. The molecule has 3 rings (SSSR count). The molecule has 1 aromatic rings. The average Bonchev–Trinajstić information content (AvgIpc) is 2.97. The topological polar surface area (TPSA) is 49.0 Å². The molecule has 110 valence electrons. The van der Waals surface area contributed by atoms with E-state index in [0.717, 1.165) is 44.5 Å². The van der Waals surface area contributed by atoms with E-state index in [1.54, 1.807) is 0 Å². The molecule has 4 nitrogen and oxygen atoms in total. The quantitative estimate of drug-likeness (QED) is 0.932. The van der Waals surface area contributed by atoms with Crippen LogP contribution in [0, 0.1) is 0 Å². The maximum Gasteiger partial charge on any atom is 0.274 e. The molecule has 20 heavy (non-hydrogen) atoms. The van der Waals surface area contributed by atoms with Gasteiger partial charge in [-0.3, -0.25) is 9.89 Å². The van der Waals surface area contributed by atoms with Crippen molar-refractivity contribution in [3.63, 3.8) is 0 Å². The zero-order valence-electron chi connectivity index (χ0n) is 12.2. The number of nitrogens with one attached hydrogen (secondary N) is 1. The van der Waals surface area contributed by atoms with Gasteiger partial charge in [0.2, 0.25) is 0 Å². The van der Waals surface area contributed by atoms with E-state index in [2.05, 4.69) is 17.1 Å². The fourth-order valence-corrected chi connectivity index (χ4v) is 4.40. The van der Waals surface area contributed by atoms with Gasteiger partial charge < -0.3 is 4.90 Å². The standard InChI is InChI=1S/C15H23N3OS/c1-2-20-11-6-3-4-9-18(10-11)15(19)14-12-7-5-8-13(12)16-17-14/h11H,2-10H2,1H3,(H,16,17). The van der Waals surface area contributed by atoms with Gasteiger partial charge in [-0.05, 0) is 37.9 Å². The normalized spacial score (nSPS) is 22.6. The number of rotatable bonds is 3. The third kappa shape index (κ3) is 2.73. The number of aromatic nitrogens is 2. The van der Waals surface area contributed by atoms with Crippen LogP contribution >= 0.6 is 11.8 Å². The number of hydrogen-bond donors (Lipinski definition) is 1. The summed E-state index contributed by atoms with van der Waals surface area (Å²) in [5, 5.41) is 7.94. The number of aryl methyl sites for hydroxylation is 1. The zero-order valence-corrected chi connectivity index (χ0v) is 13.0.